The van der Waals surface area contributed by atoms with Crippen molar-refractivity contribution in [1.82, 2.24) is 0 Å². The van der Waals surface area contributed by atoms with E-state index in [0.717, 1.165) is 19.3 Å². The Bertz CT molecular complexity index is 310. The second-order valence-electron chi connectivity index (χ2n) is 4.54. The largest absolute Gasteiger partial charge is 0.393 e. The molecule has 0 radical (unpaired) electrons. The zero-order valence-corrected chi connectivity index (χ0v) is 9.80. The van der Waals surface area contributed by atoms with Crippen LogP contribution >= 0.6 is 0 Å². The molecule has 16 heavy (non-hydrogen) atoms. The smallest absolute Gasteiger partial charge is 0.0900 e. The molecule has 1 N–H and O–H groups in total. The van der Waals surface area contributed by atoms with Crippen LogP contribution in [0.4, 0.5) is 0 Å². The minimum atomic E-state index is -0.209. The fraction of sp³-hybridized carbons (Fsp3) is 0.571. The van der Waals surface area contributed by atoms with Gasteiger partial charge >= 0.3 is 0 Å². The Hall–Kier alpha value is -0.860. The molecule has 1 fully saturated rings. The van der Waals surface area contributed by atoms with Crippen molar-refractivity contribution in [2.75, 3.05) is 6.61 Å². The van der Waals surface area contributed by atoms with Gasteiger partial charge in [0.15, 0.2) is 0 Å². The van der Waals surface area contributed by atoms with Crippen LogP contribution in [0, 0.1) is 5.92 Å². The van der Waals surface area contributed by atoms with E-state index in [1.807, 2.05) is 18.2 Å². The Morgan fingerprint density at radius 2 is 2.12 bits per heavy atom. The molecule has 2 nitrogen and oxygen atoms in total. The van der Waals surface area contributed by atoms with Gasteiger partial charge in [0.05, 0.1) is 18.8 Å². The minimum Gasteiger partial charge on any atom is -0.393 e. The molecule has 2 heteroatoms. The number of hydrogen-bond donors (Lipinski definition) is 1. The van der Waals surface area contributed by atoms with Crippen molar-refractivity contribution in [3.8, 4) is 0 Å². The molecule has 1 saturated heterocycles. The van der Waals surface area contributed by atoms with E-state index in [2.05, 4.69) is 19.1 Å². The number of aliphatic hydroxyl groups excluding tert-OH is 1. The molecule has 0 bridgehead atoms. The maximum absolute atomic E-state index is 10.1. The Morgan fingerprint density at radius 3 is 2.69 bits per heavy atom. The second kappa shape index (κ2) is 5.46. The number of ether oxygens (including phenoxy) is 1. The van der Waals surface area contributed by atoms with Crippen molar-refractivity contribution < 1.29 is 9.84 Å². The van der Waals surface area contributed by atoms with Crippen molar-refractivity contribution in [1.29, 1.82) is 0 Å². The molecule has 1 aromatic carbocycles. The van der Waals surface area contributed by atoms with Crippen molar-refractivity contribution >= 4 is 0 Å². The van der Waals surface area contributed by atoms with Crippen LogP contribution in [0.2, 0.25) is 0 Å². The maximum atomic E-state index is 10.1. The minimum absolute atomic E-state index is 0.105. The number of rotatable bonds is 5. The topological polar surface area (TPSA) is 29.5 Å². The van der Waals surface area contributed by atoms with E-state index in [4.69, 9.17) is 4.74 Å². The Balaban J connectivity index is 1.93. The molecule has 88 valence electrons. The van der Waals surface area contributed by atoms with E-state index in [1.54, 1.807) is 0 Å². The molecule has 0 aromatic heterocycles. The van der Waals surface area contributed by atoms with E-state index in [1.165, 1.54) is 5.56 Å². The summed E-state index contributed by atoms with van der Waals surface area (Å²) in [6.45, 7) is 2.85. The predicted molar refractivity (Wildman–Crippen MR) is 64.2 cm³/mol. The average Bonchev–Trinajstić information content (AvgIpc) is 2.26. The zero-order chi connectivity index (χ0) is 11.4. The highest BCUT2D eigenvalue weighted by Gasteiger charge is 2.37. The molecule has 0 aliphatic carbocycles. The van der Waals surface area contributed by atoms with Crippen LogP contribution in [0.1, 0.15) is 37.9 Å². The highest BCUT2D eigenvalue weighted by molar-refractivity contribution is 5.20. The SMILES string of the molecule is CCCCC(O)[C@H]1CO[C@@H]1c1ccccc1. The lowest BCUT2D eigenvalue weighted by atomic mass is 9.85. The summed E-state index contributed by atoms with van der Waals surface area (Å²) in [7, 11) is 0. The van der Waals surface area contributed by atoms with Crippen molar-refractivity contribution in [2.45, 2.75) is 38.4 Å². The molecule has 0 amide bonds. The average molecular weight is 220 g/mol. The molecule has 1 aliphatic heterocycles. The third-order valence-corrected chi connectivity index (χ3v) is 3.33. The normalized spacial score (nSPS) is 26.1. The molecular formula is C14H20O2. The highest BCUT2D eigenvalue weighted by Crippen LogP contribution is 2.38. The van der Waals surface area contributed by atoms with Gasteiger partial charge in [-0.3, -0.25) is 0 Å². The van der Waals surface area contributed by atoms with Crippen LogP contribution in [-0.2, 0) is 4.74 Å². The molecule has 3 atom stereocenters. The van der Waals surface area contributed by atoms with Gasteiger partial charge in [-0.15, -0.1) is 0 Å². The van der Waals surface area contributed by atoms with E-state index < -0.39 is 0 Å². The molecule has 1 unspecified atom stereocenters. The van der Waals surface area contributed by atoms with E-state index in [0.29, 0.717) is 6.61 Å². The number of hydrogen-bond acceptors (Lipinski definition) is 2. The molecule has 1 heterocycles. The lowest BCUT2D eigenvalue weighted by Gasteiger charge is -2.40. The summed E-state index contributed by atoms with van der Waals surface area (Å²) >= 11 is 0. The van der Waals surface area contributed by atoms with Gasteiger partial charge in [-0.1, -0.05) is 50.1 Å². The van der Waals surface area contributed by atoms with Crippen molar-refractivity contribution in [3.63, 3.8) is 0 Å². The van der Waals surface area contributed by atoms with Gasteiger partial charge in [-0.05, 0) is 12.0 Å². The van der Waals surface area contributed by atoms with Crippen LogP contribution in [-0.4, -0.2) is 17.8 Å². The molecule has 1 aliphatic rings. The van der Waals surface area contributed by atoms with Crippen LogP contribution < -0.4 is 0 Å². The first-order chi connectivity index (χ1) is 7.83. The number of unbranched alkanes of at least 4 members (excludes halogenated alkanes) is 1. The van der Waals surface area contributed by atoms with Crippen LogP contribution in [0.3, 0.4) is 0 Å². The lowest BCUT2D eigenvalue weighted by Crippen LogP contribution is -2.40. The first-order valence-corrected chi connectivity index (χ1v) is 6.17. The maximum Gasteiger partial charge on any atom is 0.0900 e. The molecule has 1 aromatic rings. The van der Waals surface area contributed by atoms with Crippen LogP contribution in [0.5, 0.6) is 0 Å². The van der Waals surface area contributed by atoms with Gasteiger partial charge < -0.3 is 9.84 Å². The molecule has 0 spiro atoms. The standard InChI is InChI=1S/C14H20O2/c1-2-3-9-13(15)12-10-16-14(12)11-7-5-4-6-8-11/h4-8,12-15H,2-3,9-10H2,1H3/t12-,13?,14-/m1/s1. The van der Waals surface area contributed by atoms with E-state index in [9.17, 15) is 5.11 Å². The Labute approximate surface area is 97.3 Å². The first-order valence-electron chi connectivity index (χ1n) is 6.17. The highest BCUT2D eigenvalue weighted by atomic mass is 16.5. The summed E-state index contributed by atoms with van der Waals surface area (Å²) in [5.74, 6) is 0.286. The third kappa shape index (κ3) is 2.45. The third-order valence-electron chi connectivity index (χ3n) is 3.33. The molecular weight excluding hydrogens is 200 g/mol. The summed E-state index contributed by atoms with van der Waals surface area (Å²) < 4.78 is 5.57. The fourth-order valence-corrected chi connectivity index (χ4v) is 2.23. The first kappa shape index (κ1) is 11.6. The van der Waals surface area contributed by atoms with E-state index in [-0.39, 0.29) is 18.1 Å². The van der Waals surface area contributed by atoms with Crippen molar-refractivity contribution in [2.24, 2.45) is 5.92 Å². The quantitative estimate of drug-likeness (QED) is 0.826. The number of benzene rings is 1. The molecule has 0 saturated carbocycles. The predicted octanol–water partition coefficient (Wildman–Crippen LogP) is 2.93. The van der Waals surface area contributed by atoms with Gasteiger partial charge in [0.25, 0.3) is 0 Å². The summed E-state index contributed by atoms with van der Waals surface area (Å²) in [6, 6.07) is 10.2. The zero-order valence-electron chi connectivity index (χ0n) is 9.80. The van der Waals surface area contributed by atoms with Gasteiger partial charge in [0.1, 0.15) is 0 Å². The van der Waals surface area contributed by atoms with Gasteiger partial charge in [-0.2, -0.15) is 0 Å². The molecule has 2 rings (SSSR count). The summed E-state index contributed by atoms with van der Waals surface area (Å²) in [4.78, 5) is 0. The van der Waals surface area contributed by atoms with Gasteiger partial charge in [-0.25, -0.2) is 0 Å². The fourth-order valence-electron chi connectivity index (χ4n) is 2.23. The van der Waals surface area contributed by atoms with Crippen LogP contribution in [0.25, 0.3) is 0 Å². The van der Waals surface area contributed by atoms with E-state index >= 15 is 0 Å². The second-order valence-corrected chi connectivity index (χ2v) is 4.54. The monoisotopic (exact) mass is 220 g/mol. The number of aliphatic hydroxyl groups is 1. The summed E-state index contributed by atoms with van der Waals surface area (Å²) in [5.41, 5.74) is 1.19. The van der Waals surface area contributed by atoms with Crippen molar-refractivity contribution in [3.05, 3.63) is 35.9 Å². The lowest BCUT2D eigenvalue weighted by molar-refractivity contribution is -0.162. The van der Waals surface area contributed by atoms with Gasteiger partial charge in [0.2, 0.25) is 0 Å². The summed E-state index contributed by atoms with van der Waals surface area (Å²) in [5, 5.41) is 10.1. The summed E-state index contributed by atoms with van der Waals surface area (Å²) in [6.07, 6.45) is 3.03. The van der Waals surface area contributed by atoms with Gasteiger partial charge in [0, 0.05) is 5.92 Å². The Morgan fingerprint density at radius 1 is 1.38 bits per heavy atom. The van der Waals surface area contributed by atoms with Crippen LogP contribution in [0.15, 0.2) is 30.3 Å². The Kier molecular flexibility index (Phi) is 3.97.